The third-order valence-electron chi connectivity index (χ3n) is 4.92. The summed E-state index contributed by atoms with van der Waals surface area (Å²) in [6.45, 7) is 0.489. The summed E-state index contributed by atoms with van der Waals surface area (Å²) in [5.41, 5.74) is 2.88. The summed E-state index contributed by atoms with van der Waals surface area (Å²) in [6.07, 6.45) is 1.81. The Morgan fingerprint density at radius 3 is 2.35 bits per heavy atom. The third kappa shape index (κ3) is 6.15. The van der Waals surface area contributed by atoms with Gasteiger partial charge in [-0.15, -0.1) is 0 Å². The minimum absolute atomic E-state index is 0.108. The molecule has 0 bridgehead atoms. The summed E-state index contributed by atoms with van der Waals surface area (Å²) in [5, 5.41) is 9.46. The Morgan fingerprint density at radius 2 is 1.71 bits per heavy atom. The second-order valence-corrected chi connectivity index (χ2v) is 9.31. The van der Waals surface area contributed by atoms with Crippen LogP contribution in [0.25, 0.3) is 6.08 Å². The molecule has 0 atom stereocenters. The topological polar surface area (TPSA) is 79.2 Å². The second-order valence-electron chi connectivity index (χ2n) is 7.44. The minimum atomic E-state index is -1.05. The summed E-state index contributed by atoms with van der Waals surface area (Å²) >= 11 is 4.76. The van der Waals surface area contributed by atoms with E-state index in [2.05, 4.69) is 15.9 Å². The Hall–Kier alpha value is -3.36. The van der Waals surface area contributed by atoms with E-state index in [4.69, 9.17) is 14.8 Å². The zero-order valence-corrected chi connectivity index (χ0v) is 20.5. The van der Waals surface area contributed by atoms with E-state index in [0.29, 0.717) is 33.4 Å². The lowest BCUT2D eigenvalue weighted by molar-refractivity contribution is -0.139. The number of aliphatic imine (C=N–C) groups is 1. The molecule has 6 nitrogen and oxygen atoms in total. The van der Waals surface area contributed by atoms with Gasteiger partial charge in [-0.2, -0.15) is 0 Å². The summed E-state index contributed by atoms with van der Waals surface area (Å²) in [5.74, 6) is -0.736. The number of carbonyl (C=O) groups excluding carboxylic acids is 1. The molecule has 3 aromatic rings. The van der Waals surface area contributed by atoms with Crippen molar-refractivity contribution in [3.63, 3.8) is 0 Å². The number of hydrogen-bond acceptors (Lipinski definition) is 5. The van der Waals surface area contributed by atoms with Crippen LogP contribution in [0.2, 0.25) is 0 Å². The molecule has 172 valence electrons. The maximum Gasteiger partial charge on any atom is 0.341 e. The van der Waals surface area contributed by atoms with Crippen molar-refractivity contribution in [1.29, 1.82) is 0 Å². The number of halogens is 1. The van der Waals surface area contributed by atoms with E-state index >= 15 is 0 Å². The van der Waals surface area contributed by atoms with Gasteiger partial charge in [0.15, 0.2) is 11.8 Å². The summed E-state index contributed by atoms with van der Waals surface area (Å²) < 4.78 is 5.86. The Balaban J connectivity index is 1.59. The highest BCUT2D eigenvalue weighted by Crippen LogP contribution is 2.35. The normalized spacial score (nSPS) is 15.8. The number of thioether (sulfide) groups is 1. The van der Waals surface area contributed by atoms with Crippen molar-refractivity contribution >= 4 is 50.8 Å². The summed E-state index contributed by atoms with van der Waals surface area (Å²) in [4.78, 5) is 31.1. The molecule has 0 aromatic heterocycles. The molecule has 1 heterocycles. The molecule has 4 rings (SSSR count). The molecule has 0 spiro atoms. The van der Waals surface area contributed by atoms with Crippen LogP contribution in [0.5, 0.6) is 5.75 Å². The first kappa shape index (κ1) is 23.8. The number of amidine groups is 1. The molecule has 34 heavy (non-hydrogen) atoms. The van der Waals surface area contributed by atoms with Gasteiger partial charge in [0.05, 0.1) is 22.5 Å². The molecule has 1 fully saturated rings. The Labute approximate surface area is 210 Å². The van der Waals surface area contributed by atoms with Crippen LogP contribution < -0.4 is 4.74 Å². The maximum absolute atomic E-state index is 13.3. The van der Waals surface area contributed by atoms with Gasteiger partial charge in [0.25, 0.3) is 5.91 Å². The molecule has 3 aromatic carbocycles. The molecule has 1 aliphatic heterocycles. The number of ether oxygens (including phenoxy) is 1. The largest absolute Gasteiger partial charge is 0.481 e. The van der Waals surface area contributed by atoms with Crippen LogP contribution in [0.1, 0.15) is 16.7 Å². The zero-order chi connectivity index (χ0) is 23.9. The number of benzene rings is 3. The van der Waals surface area contributed by atoms with Gasteiger partial charge in [-0.3, -0.25) is 14.7 Å². The molecular weight excluding hydrogens is 516 g/mol. The molecule has 0 saturated carbocycles. The smallest absolute Gasteiger partial charge is 0.341 e. The van der Waals surface area contributed by atoms with Crippen molar-refractivity contribution in [2.24, 2.45) is 4.99 Å². The highest BCUT2D eigenvalue weighted by molar-refractivity contribution is 9.10. The van der Waals surface area contributed by atoms with Crippen molar-refractivity contribution in [2.45, 2.75) is 13.1 Å². The molecule has 0 aliphatic carbocycles. The summed E-state index contributed by atoms with van der Waals surface area (Å²) in [7, 11) is 0. The predicted octanol–water partition coefficient (Wildman–Crippen LogP) is 5.59. The van der Waals surface area contributed by atoms with E-state index in [-0.39, 0.29) is 5.91 Å². The number of aliphatic carboxylic acids is 1. The Bertz CT molecular complexity index is 1250. The van der Waals surface area contributed by atoms with Crippen molar-refractivity contribution in [2.75, 3.05) is 6.61 Å². The van der Waals surface area contributed by atoms with E-state index in [1.807, 2.05) is 66.7 Å². The number of nitrogens with zero attached hydrogens (tertiary/aromatic N) is 2. The van der Waals surface area contributed by atoms with Crippen molar-refractivity contribution in [3.8, 4) is 5.75 Å². The fourth-order valence-electron chi connectivity index (χ4n) is 3.29. The summed E-state index contributed by atoms with van der Waals surface area (Å²) in [6, 6.07) is 25.0. The fourth-order valence-corrected chi connectivity index (χ4v) is 4.78. The lowest BCUT2D eigenvalue weighted by atomic mass is 10.2. The Morgan fingerprint density at radius 1 is 1.03 bits per heavy atom. The highest BCUT2D eigenvalue weighted by Gasteiger charge is 2.33. The lowest BCUT2D eigenvalue weighted by Crippen LogP contribution is -2.28. The van der Waals surface area contributed by atoms with Crippen molar-refractivity contribution in [1.82, 2.24) is 4.90 Å². The number of hydrogen-bond donors (Lipinski definition) is 1. The van der Waals surface area contributed by atoms with E-state index in [0.717, 1.165) is 16.7 Å². The first-order chi connectivity index (χ1) is 16.5. The standard InChI is InChI=1S/C26H21BrN2O4S/c27-21-13-20(11-12-22(21)33-17-24(30)31)14-23-25(32)29(16-19-9-5-2-6-10-19)26(34-23)28-15-18-7-3-1-4-8-18/h1-14H,15-17H2,(H,30,31)/b23-14+,28-26?. The average Bonchev–Trinajstić information content (AvgIpc) is 3.12. The molecule has 1 aliphatic rings. The van der Waals surface area contributed by atoms with Crippen LogP contribution in [0.3, 0.4) is 0 Å². The number of carbonyl (C=O) groups is 2. The monoisotopic (exact) mass is 536 g/mol. The number of rotatable bonds is 8. The van der Waals surface area contributed by atoms with E-state index in [1.54, 1.807) is 23.1 Å². The van der Waals surface area contributed by atoms with Crippen LogP contribution in [0.15, 0.2) is 93.2 Å². The first-order valence-corrected chi connectivity index (χ1v) is 12.1. The average molecular weight is 537 g/mol. The van der Waals surface area contributed by atoms with Gasteiger partial charge in [0.1, 0.15) is 5.75 Å². The van der Waals surface area contributed by atoms with Gasteiger partial charge >= 0.3 is 5.97 Å². The van der Waals surface area contributed by atoms with Crippen molar-refractivity contribution in [3.05, 3.63) is 105 Å². The molecule has 1 N–H and O–H groups in total. The molecule has 1 amide bonds. The van der Waals surface area contributed by atoms with Crippen LogP contribution in [0.4, 0.5) is 0 Å². The number of carboxylic acid groups (broad SMARTS) is 1. The third-order valence-corrected chi connectivity index (χ3v) is 6.58. The molecular formula is C26H21BrN2O4S. The van der Waals surface area contributed by atoms with Gasteiger partial charge in [-0.25, -0.2) is 4.79 Å². The Kier molecular flexibility index (Phi) is 7.82. The molecule has 1 saturated heterocycles. The molecule has 0 radical (unpaired) electrons. The van der Waals surface area contributed by atoms with Gasteiger partial charge in [-0.05, 0) is 62.6 Å². The fraction of sp³-hybridized carbons (Fsp3) is 0.115. The van der Waals surface area contributed by atoms with Crippen LogP contribution in [0, 0.1) is 0 Å². The number of amides is 1. The van der Waals surface area contributed by atoms with Crippen LogP contribution >= 0.6 is 27.7 Å². The second kappa shape index (κ2) is 11.2. The number of carboxylic acids is 1. The zero-order valence-electron chi connectivity index (χ0n) is 18.1. The first-order valence-electron chi connectivity index (χ1n) is 10.5. The van der Waals surface area contributed by atoms with Gasteiger partial charge in [-0.1, -0.05) is 66.7 Å². The molecule has 8 heteroatoms. The highest BCUT2D eigenvalue weighted by atomic mass is 79.9. The predicted molar refractivity (Wildman–Crippen MR) is 137 cm³/mol. The minimum Gasteiger partial charge on any atom is -0.481 e. The van der Waals surface area contributed by atoms with Crippen LogP contribution in [-0.2, 0) is 22.7 Å². The van der Waals surface area contributed by atoms with Gasteiger partial charge in [0.2, 0.25) is 0 Å². The van der Waals surface area contributed by atoms with Gasteiger partial charge < -0.3 is 9.84 Å². The SMILES string of the molecule is O=C(O)COc1ccc(/C=C2/SC(=NCc3ccccc3)N(Cc3ccccc3)C2=O)cc1Br. The van der Waals surface area contributed by atoms with Gasteiger partial charge in [0, 0.05) is 0 Å². The maximum atomic E-state index is 13.3. The van der Waals surface area contributed by atoms with E-state index in [1.165, 1.54) is 11.8 Å². The van der Waals surface area contributed by atoms with E-state index < -0.39 is 12.6 Å². The van der Waals surface area contributed by atoms with Crippen molar-refractivity contribution < 1.29 is 19.4 Å². The van der Waals surface area contributed by atoms with Crippen LogP contribution in [-0.4, -0.2) is 33.7 Å². The quantitative estimate of drug-likeness (QED) is 0.380. The van der Waals surface area contributed by atoms with E-state index in [9.17, 15) is 9.59 Å². The molecule has 0 unspecified atom stereocenters. The lowest BCUT2D eigenvalue weighted by Gasteiger charge is -2.15.